The van der Waals surface area contributed by atoms with Crippen LogP contribution >= 0.6 is 0 Å². The minimum atomic E-state index is -1.46. The first-order valence-corrected chi connectivity index (χ1v) is 10.2. The maximum absolute atomic E-state index is 14.5. The zero-order chi connectivity index (χ0) is 25.3. The van der Waals surface area contributed by atoms with Crippen molar-refractivity contribution in [2.45, 2.75) is 24.7 Å². The first-order valence-electron chi connectivity index (χ1n) is 10.2. The number of rotatable bonds is 5. The molecular formula is C24H17F3N4O4. The fourth-order valence-corrected chi connectivity index (χ4v) is 3.63. The number of aliphatic hydroxyl groups is 2. The molecule has 4 rings (SSSR count). The Hall–Kier alpha value is -4.27. The number of hydrogen-bond acceptors (Lipinski definition) is 8. The van der Waals surface area contributed by atoms with Gasteiger partial charge in [-0.15, -0.1) is 0 Å². The zero-order valence-corrected chi connectivity index (χ0v) is 17.8. The summed E-state index contributed by atoms with van der Waals surface area (Å²) in [5.74, 6) is -3.93. The third kappa shape index (κ3) is 4.57. The fourth-order valence-electron chi connectivity index (χ4n) is 3.63. The molecule has 1 aliphatic rings. The van der Waals surface area contributed by atoms with Gasteiger partial charge in [-0.25, -0.2) is 18.2 Å². The topological polar surface area (TPSA) is 142 Å². The number of ketones is 1. The van der Waals surface area contributed by atoms with Crippen molar-refractivity contribution in [1.82, 2.24) is 9.97 Å². The fraction of sp³-hybridized carbons (Fsp3) is 0.167. The van der Waals surface area contributed by atoms with Crippen LogP contribution in [-0.4, -0.2) is 44.3 Å². The van der Waals surface area contributed by atoms with Crippen LogP contribution in [0, 0.1) is 28.8 Å². The van der Waals surface area contributed by atoms with Crippen molar-refractivity contribution in [3.05, 3.63) is 83.1 Å². The summed E-state index contributed by atoms with van der Waals surface area (Å²) < 4.78 is 48.4. The van der Waals surface area contributed by atoms with E-state index in [0.29, 0.717) is 5.56 Å². The average Bonchev–Trinajstić information content (AvgIpc) is 2.82. The number of carbonyl (C=O) groups is 1. The van der Waals surface area contributed by atoms with Crippen molar-refractivity contribution in [3.8, 4) is 17.3 Å². The van der Waals surface area contributed by atoms with E-state index in [-0.39, 0.29) is 23.4 Å². The number of Topliss-reactive ketones (excluding diaryl/α,β-unsaturated/α-hetero) is 1. The molecule has 0 saturated carbocycles. The van der Waals surface area contributed by atoms with Gasteiger partial charge < -0.3 is 20.7 Å². The van der Waals surface area contributed by atoms with E-state index in [2.05, 4.69) is 9.97 Å². The van der Waals surface area contributed by atoms with Gasteiger partial charge in [0.15, 0.2) is 11.6 Å². The van der Waals surface area contributed by atoms with Crippen molar-refractivity contribution in [2.75, 3.05) is 5.73 Å². The summed E-state index contributed by atoms with van der Waals surface area (Å²) in [6.07, 6.45) is -0.700. The molecule has 8 nitrogen and oxygen atoms in total. The number of carbonyl (C=O) groups excluding carboxylic acids is 1. The lowest BCUT2D eigenvalue weighted by Crippen LogP contribution is -2.40. The second-order valence-corrected chi connectivity index (χ2v) is 7.67. The van der Waals surface area contributed by atoms with Gasteiger partial charge in [0.25, 0.3) is 0 Å². The molecule has 3 heterocycles. The van der Waals surface area contributed by atoms with Gasteiger partial charge >= 0.3 is 0 Å². The van der Waals surface area contributed by atoms with Crippen molar-refractivity contribution < 1.29 is 32.9 Å². The molecule has 0 bridgehead atoms. The number of nitrogen functional groups attached to an aromatic ring is 1. The number of halogens is 3. The minimum absolute atomic E-state index is 0.0358. The number of aromatic nitrogens is 2. The third-order valence-electron chi connectivity index (χ3n) is 5.35. The molecule has 178 valence electrons. The summed E-state index contributed by atoms with van der Waals surface area (Å²) in [5.41, 5.74) is 4.15. The third-order valence-corrected chi connectivity index (χ3v) is 5.35. The lowest BCUT2D eigenvalue weighted by Gasteiger charge is -2.28. The van der Waals surface area contributed by atoms with Crippen LogP contribution in [0.2, 0.25) is 0 Å². The highest BCUT2D eigenvalue weighted by Gasteiger charge is 2.33. The Morgan fingerprint density at radius 2 is 1.89 bits per heavy atom. The molecule has 0 spiro atoms. The van der Waals surface area contributed by atoms with E-state index >= 15 is 0 Å². The van der Waals surface area contributed by atoms with E-state index in [9.17, 15) is 33.4 Å². The number of benzene rings is 1. The summed E-state index contributed by atoms with van der Waals surface area (Å²) in [4.78, 5) is 20.9. The Bertz CT molecular complexity index is 1370. The first kappa shape index (κ1) is 23.9. The number of anilines is 1. The number of nitrogens with zero attached hydrogens (tertiary/aromatic N) is 3. The summed E-state index contributed by atoms with van der Waals surface area (Å²) in [5, 5.41) is 29.1. The van der Waals surface area contributed by atoms with Crippen LogP contribution in [0.4, 0.5) is 18.9 Å². The van der Waals surface area contributed by atoms with Crippen LogP contribution in [0.1, 0.15) is 21.6 Å². The maximum Gasteiger partial charge on any atom is 0.212 e. The Kier molecular flexibility index (Phi) is 6.50. The SMILES string of the molecule is N#C[C@H]1OC(c2ccncc2CC(=O)c2nc(-c3c(F)cccc3F)c(F)cc2N)=C[C@@H](O)[C@@H]1O. The van der Waals surface area contributed by atoms with E-state index in [1.807, 2.05) is 0 Å². The van der Waals surface area contributed by atoms with Gasteiger partial charge in [-0.1, -0.05) is 6.07 Å². The van der Waals surface area contributed by atoms with Crippen LogP contribution in [0.5, 0.6) is 0 Å². The van der Waals surface area contributed by atoms with Crippen molar-refractivity contribution in [2.24, 2.45) is 0 Å². The molecule has 2 aromatic heterocycles. The highest BCUT2D eigenvalue weighted by molar-refractivity contribution is 6.01. The lowest BCUT2D eigenvalue weighted by molar-refractivity contribution is -0.0311. The summed E-state index contributed by atoms with van der Waals surface area (Å²) in [6.45, 7) is 0. The van der Waals surface area contributed by atoms with E-state index in [0.717, 1.165) is 24.3 Å². The normalized spacial score (nSPS) is 19.4. The molecule has 0 amide bonds. The molecule has 0 unspecified atom stereocenters. The summed E-state index contributed by atoms with van der Waals surface area (Å²) in [7, 11) is 0. The number of pyridine rings is 2. The molecule has 3 atom stereocenters. The van der Waals surface area contributed by atoms with E-state index in [1.165, 1.54) is 24.5 Å². The molecule has 4 N–H and O–H groups in total. The number of aliphatic hydroxyl groups excluding tert-OH is 2. The molecule has 11 heteroatoms. The highest BCUT2D eigenvalue weighted by atomic mass is 19.1. The largest absolute Gasteiger partial charge is 0.472 e. The number of nitrogens with two attached hydrogens (primary N) is 1. The molecule has 0 aliphatic carbocycles. The standard InChI is InChI=1S/C24H17F3N4O4/c25-13-2-1-3-14(26)21(13)22-15(27)7-16(29)23(31-22)17(32)6-11-10-30-5-4-12(11)19-8-18(33)24(34)20(9-28)35-19/h1-5,7-8,10,18,20,24,33-34H,6,29H2/t18-,20-,24+/m1/s1. The lowest BCUT2D eigenvalue weighted by atomic mass is 9.97. The van der Waals surface area contributed by atoms with Crippen molar-refractivity contribution >= 4 is 17.2 Å². The zero-order valence-electron chi connectivity index (χ0n) is 17.8. The Balaban J connectivity index is 1.71. The average molecular weight is 482 g/mol. The van der Waals surface area contributed by atoms with Gasteiger partial charge in [-0.3, -0.25) is 9.78 Å². The molecule has 0 saturated heterocycles. The summed E-state index contributed by atoms with van der Waals surface area (Å²) >= 11 is 0. The van der Waals surface area contributed by atoms with Gasteiger partial charge in [0.1, 0.15) is 47.1 Å². The molecule has 35 heavy (non-hydrogen) atoms. The Morgan fingerprint density at radius 1 is 1.17 bits per heavy atom. The van der Waals surface area contributed by atoms with Gasteiger partial charge in [0.05, 0.1) is 11.3 Å². The van der Waals surface area contributed by atoms with Crippen LogP contribution in [0.15, 0.2) is 48.8 Å². The monoisotopic (exact) mass is 482 g/mol. The van der Waals surface area contributed by atoms with E-state index in [1.54, 1.807) is 6.07 Å². The second kappa shape index (κ2) is 9.54. The smallest absolute Gasteiger partial charge is 0.212 e. The van der Waals surface area contributed by atoms with Crippen molar-refractivity contribution in [1.29, 1.82) is 5.26 Å². The van der Waals surface area contributed by atoms with Gasteiger partial charge in [-0.05, 0) is 29.8 Å². The maximum atomic E-state index is 14.5. The molecule has 1 aliphatic heterocycles. The minimum Gasteiger partial charge on any atom is -0.472 e. The first-order chi connectivity index (χ1) is 16.7. The number of ether oxygens (including phenoxy) is 1. The van der Waals surface area contributed by atoms with Crippen LogP contribution in [0.25, 0.3) is 17.0 Å². The Labute approximate surface area is 196 Å². The molecule has 3 aromatic rings. The molecule has 1 aromatic carbocycles. The van der Waals surface area contributed by atoms with Crippen LogP contribution < -0.4 is 5.73 Å². The molecule has 0 fully saturated rings. The van der Waals surface area contributed by atoms with E-state index < -0.39 is 58.5 Å². The van der Waals surface area contributed by atoms with Crippen LogP contribution in [-0.2, 0) is 11.2 Å². The van der Waals surface area contributed by atoms with Gasteiger partial charge in [0, 0.05) is 30.4 Å². The number of nitriles is 1. The number of hydrogen-bond donors (Lipinski definition) is 3. The predicted octanol–water partition coefficient (Wildman–Crippen LogP) is 2.55. The van der Waals surface area contributed by atoms with Gasteiger partial charge in [-0.2, -0.15) is 5.26 Å². The molecule has 0 radical (unpaired) electrons. The van der Waals surface area contributed by atoms with E-state index in [4.69, 9.17) is 10.5 Å². The van der Waals surface area contributed by atoms with Gasteiger partial charge in [0.2, 0.25) is 6.10 Å². The second-order valence-electron chi connectivity index (χ2n) is 7.67. The Morgan fingerprint density at radius 3 is 2.57 bits per heavy atom. The summed E-state index contributed by atoms with van der Waals surface area (Å²) in [6, 6.07) is 6.92. The van der Waals surface area contributed by atoms with Crippen LogP contribution in [0.3, 0.4) is 0 Å². The predicted molar refractivity (Wildman–Crippen MR) is 117 cm³/mol. The molecular weight excluding hydrogens is 465 g/mol. The van der Waals surface area contributed by atoms with Crippen molar-refractivity contribution in [3.63, 3.8) is 0 Å². The highest BCUT2D eigenvalue weighted by Crippen LogP contribution is 2.31. The quantitative estimate of drug-likeness (QED) is 0.471.